The highest BCUT2D eigenvalue weighted by atomic mass is 79.9. The number of benzene rings is 2. The molecule has 2 atom stereocenters. The molecule has 0 fully saturated rings. The summed E-state index contributed by atoms with van der Waals surface area (Å²) < 4.78 is 20.1. The summed E-state index contributed by atoms with van der Waals surface area (Å²) >= 11 is 9.04. The number of rotatable bonds is 4. The Bertz CT molecular complexity index is 608. The highest BCUT2D eigenvalue weighted by molar-refractivity contribution is 9.10. The van der Waals surface area contributed by atoms with Gasteiger partial charge in [-0.25, -0.2) is 4.39 Å². The number of hydrogen-bond acceptors (Lipinski definition) is 2. The minimum Gasteiger partial charge on any atom is -0.489 e. The van der Waals surface area contributed by atoms with Crippen molar-refractivity contribution in [3.8, 4) is 5.75 Å². The molecule has 0 amide bonds. The predicted octanol–water partition coefficient (Wildman–Crippen LogP) is 4.71. The van der Waals surface area contributed by atoms with E-state index in [2.05, 4.69) is 15.9 Å². The number of nitrogens with two attached hydrogens (primary N) is 1. The monoisotopic (exact) mass is 357 g/mol. The van der Waals surface area contributed by atoms with Crippen LogP contribution in [0.1, 0.15) is 18.5 Å². The summed E-state index contributed by atoms with van der Waals surface area (Å²) in [5.74, 6) is 0.248. The second-order valence-electron chi connectivity index (χ2n) is 4.45. The molecule has 2 N–H and O–H groups in total. The molecule has 0 aliphatic carbocycles. The van der Waals surface area contributed by atoms with Crippen LogP contribution in [0.25, 0.3) is 0 Å². The van der Waals surface area contributed by atoms with Gasteiger partial charge in [0.15, 0.2) is 0 Å². The molecule has 5 heteroatoms. The van der Waals surface area contributed by atoms with E-state index in [4.69, 9.17) is 22.1 Å². The molecule has 20 heavy (non-hydrogen) atoms. The van der Waals surface area contributed by atoms with E-state index in [9.17, 15) is 4.39 Å². The molecule has 0 aliphatic heterocycles. The van der Waals surface area contributed by atoms with Crippen LogP contribution in [0.15, 0.2) is 46.9 Å². The molecular weight excluding hydrogens is 345 g/mol. The zero-order valence-electron chi connectivity index (χ0n) is 10.8. The van der Waals surface area contributed by atoms with Crippen LogP contribution in [0.5, 0.6) is 5.75 Å². The van der Waals surface area contributed by atoms with Crippen molar-refractivity contribution in [2.45, 2.75) is 19.1 Å². The SMILES string of the molecule is CC(Oc1cccc(Cl)c1)C(N)c1cccc(Br)c1F. The van der Waals surface area contributed by atoms with Gasteiger partial charge in [0.1, 0.15) is 17.7 Å². The first-order chi connectivity index (χ1) is 9.49. The molecule has 0 bridgehead atoms. The Kier molecular flexibility index (Phi) is 5.02. The number of ether oxygens (including phenoxy) is 1. The molecule has 2 aromatic carbocycles. The van der Waals surface area contributed by atoms with Crippen LogP contribution < -0.4 is 10.5 Å². The van der Waals surface area contributed by atoms with Crippen molar-refractivity contribution in [3.05, 3.63) is 63.3 Å². The minimum absolute atomic E-state index is 0.360. The van der Waals surface area contributed by atoms with Gasteiger partial charge in [0.2, 0.25) is 0 Å². The van der Waals surface area contributed by atoms with E-state index in [0.717, 1.165) is 0 Å². The fraction of sp³-hybridized carbons (Fsp3) is 0.200. The number of hydrogen-bond donors (Lipinski definition) is 1. The van der Waals surface area contributed by atoms with Gasteiger partial charge in [-0.1, -0.05) is 29.8 Å². The molecule has 0 radical (unpaired) electrons. The summed E-state index contributed by atoms with van der Waals surface area (Å²) in [6, 6.07) is 11.5. The van der Waals surface area contributed by atoms with Crippen molar-refractivity contribution < 1.29 is 9.13 Å². The van der Waals surface area contributed by atoms with E-state index in [1.165, 1.54) is 0 Å². The Labute approximate surface area is 130 Å². The topological polar surface area (TPSA) is 35.2 Å². The minimum atomic E-state index is -0.577. The molecule has 2 nitrogen and oxygen atoms in total. The van der Waals surface area contributed by atoms with Crippen molar-refractivity contribution in [1.82, 2.24) is 0 Å². The maximum atomic E-state index is 14.0. The Balaban J connectivity index is 2.16. The fourth-order valence-electron chi connectivity index (χ4n) is 1.86. The van der Waals surface area contributed by atoms with Crippen LogP contribution in [0, 0.1) is 5.82 Å². The standard InChI is InChI=1S/C15H14BrClFNO/c1-9(20-11-5-2-4-10(17)8-11)15(19)12-6-3-7-13(16)14(12)18/h2-9,15H,19H2,1H3. The third-order valence-corrected chi connectivity index (χ3v) is 3.81. The lowest BCUT2D eigenvalue weighted by molar-refractivity contribution is 0.188. The zero-order valence-corrected chi connectivity index (χ0v) is 13.2. The second kappa shape index (κ2) is 6.57. The van der Waals surface area contributed by atoms with Crippen molar-refractivity contribution in [1.29, 1.82) is 0 Å². The lowest BCUT2D eigenvalue weighted by Crippen LogP contribution is -2.29. The molecule has 2 aromatic rings. The Hall–Kier alpha value is -1.10. The third kappa shape index (κ3) is 3.51. The Morgan fingerprint density at radius 3 is 2.65 bits per heavy atom. The van der Waals surface area contributed by atoms with E-state index in [0.29, 0.717) is 20.8 Å². The Morgan fingerprint density at radius 2 is 1.95 bits per heavy atom. The van der Waals surface area contributed by atoms with Gasteiger partial charge < -0.3 is 10.5 Å². The van der Waals surface area contributed by atoms with Crippen LogP contribution >= 0.6 is 27.5 Å². The molecule has 0 spiro atoms. The van der Waals surface area contributed by atoms with Crippen LogP contribution in [0.2, 0.25) is 5.02 Å². The number of halogens is 3. The normalized spacial score (nSPS) is 13.8. The molecule has 0 saturated carbocycles. The van der Waals surface area contributed by atoms with E-state index in [1.54, 1.807) is 49.4 Å². The fourth-order valence-corrected chi connectivity index (χ4v) is 2.42. The molecule has 106 valence electrons. The maximum absolute atomic E-state index is 14.0. The van der Waals surface area contributed by atoms with Crippen LogP contribution in [-0.4, -0.2) is 6.10 Å². The van der Waals surface area contributed by atoms with Crippen molar-refractivity contribution >= 4 is 27.5 Å². The average Bonchev–Trinajstić information content (AvgIpc) is 2.41. The molecule has 0 heterocycles. The quantitative estimate of drug-likeness (QED) is 0.859. The highest BCUT2D eigenvalue weighted by Gasteiger charge is 2.21. The molecule has 2 rings (SSSR count). The first-order valence-corrected chi connectivity index (χ1v) is 7.28. The molecular formula is C15H14BrClFNO. The van der Waals surface area contributed by atoms with Gasteiger partial charge in [-0.3, -0.25) is 0 Å². The van der Waals surface area contributed by atoms with Crippen molar-refractivity contribution in [2.24, 2.45) is 5.73 Å². The van der Waals surface area contributed by atoms with Crippen LogP contribution in [0.4, 0.5) is 4.39 Å². The first kappa shape index (κ1) is 15.3. The van der Waals surface area contributed by atoms with Crippen molar-refractivity contribution in [2.75, 3.05) is 0 Å². The van der Waals surface area contributed by atoms with E-state index < -0.39 is 12.1 Å². The van der Waals surface area contributed by atoms with E-state index in [1.807, 2.05) is 0 Å². The van der Waals surface area contributed by atoms with Gasteiger partial charge >= 0.3 is 0 Å². The van der Waals surface area contributed by atoms with Crippen molar-refractivity contribution in [3.63, 3.8) is 0 Å². The van der Waals surface area contributed by atoms with Gasteiger partial charge in [0.05, 0.1) is 10.5 Å². The van der Waals surface area contributed by atoms with Crippen LogP contribution in [0.3, 0.4) is 0 Å². The average molecular weight is 359 g/mol. The molecule has 0 aliphatic rings. The summed E-state index contributed by atoms with van der Waals surface area (Å²) in [6.45, 7) is 1.80. The summed E-state index contributed by atoms with van der Waals surface area (Å²) in [4.78, 5) is 0. The van der Waals surface area contributed by atoms with E-state index in [-0.39, 0.29) is 5.82 Å². The second-order valence-corrected chi connectivity index (χ2v) is 5.74. The lowest BCUT2D eigenvalue weighted by atomic mass is 10.0. The molecule has 2 unspecified atom stereocenters. The molecule has 0 saturated heterocycles. The maximum Gasteiger partial charge on any atom is 0.142 e. The van der Waals surface area contributed by atoms with E-state index >= 15 is 0 Å². The van der Waals surface area contributed by atoms with Gasteiger partial charge in [-0.05, 0) is 47.1 Å². The van der Waals surface area contributed by atoms with Crippen LogP contribution in [-0.2, 0) is 0 Å². The molecule has 0 aromatic heterocycles. The largest absolute Gasteiger partial charge is 0.489 e. The summed E-state index contributed by atoms with van der Waals surface area (Å²) in [6.07, 6.45) is -0.391. The Morgan fingerprint density at radius 1 is 1.25 bits per heavy atom. The predicted molar refractivity (Wildman–Crippen MR) is 82.6 cm³/mol. The van der Waals surface area contributed by atoms with Gasteiger partial charge in [-0.2, -0.15) is 0 Å². The zero-order chi connectivity index (χ0) is 14.7. The summed E-state index contributed by atoms with van der Waals surface area (Å²) in [5.41, 5.74) is 6.49. The smallest absolute Gasteiger partial charge is 0.142 e. The van der Waals surface area contributed by atoms with Gasteiger partial charge in [0.25, 0.3) is 0 Å². The summed E-state index contributed by atoms with van der Waals surface area (Å²) in [5, 5.41) is 0.580. The lowest BCUT2D eigenvalue weighted by Gasteiger charge is -2.22. The summed E-state index contributed by atoms with van der Waals surface area (Å²) in [7, 11) is 0. The van der Waals surface area contributed by atoms with Gasteiger partial charge in [-0.15, -0.1) is 0 Å². The van der Waals surface area contributed by atoms with Gasteiger partial charge in [0, 0.05) is 10.6 Å². The third-order valence-electron chi connectivity index (χ3n) is 2.96. The highest BCUT2D eigenvalue weighted by Crippen LogP contribution is 2.27. The first-order valence-electron chi connectivity index (χ1n) is 6.10.